The van der Waals surface area contributed by atoms with Crippen molar-refractivity contribution in [3.8, 4) is 11.5 Å². The third kappa shape index (κ3) is 6.70. The zero-order valence-electron chi connectivity index (χ0n) is 17.1. The van der Waals surface area contributed by atoms with Crippen LogP contribution < -0.4 is 25.4 Å². The SMILES string of the molecule is CCOc1ccc(NC(=O)NC(=O)CN[C@H](C)c2ccc(F)c(F)c2)cc1OCC. The molecule has 162 valence electrons. The van der Waals surface area contributed by atoms with Gasteiger partial charge in [0.15, 0.2) is 23.1 Å². The van der Waals surface area contributed by atoms with Gasteiger partial charge in [-0.05, 0) is 50.6 Å². The van der Waals surface area contributed by atoms with Gasteiger partial charge < -0.3 is 20.1 Å². The number of nitrogens with one attached hydrogen (secondary N) is 3. The maximum Gasteiger partial charge on any atom is 0.325 e. The van der Waals surface area contributed by atoms with Crippen molar-refractivity contribution in [2.75, 3.05) is 25.1 Å². The molecule has 30 heavy (non-hydrogen) atoms. The molecule has 3 amide bonds. The molecule has 0 saturated carbocycles. The van der Waals surface area contributed by atoms with Crippen LogP contribution in [-0.2, 0) is 4.79 Å². The second-order valence-corrected chi connectivity index (χ2v) is 6.31. The van der Waals surface area contributed by atoms with Gasteiger partial charge in [-0.25, -0.2) is 13.6 Å². The van der Waals surface area contributed by atoms with Crippen LogP contribution in [0.25, 0.3) is 0 Å². The van der Waals surface area contributed by atoms with Crippen LogP contribution in [0.15, 0.2) is 36.4 Å². The maximum absolute atomic E-state index is 13.3. The number of benzene rings is 2. The van der Waals surface area contributed by atoms with E-state index in [1.165, 1.54) is 6.07 Å². The summed E-state index contributed by atoms with van der Waals surface area (Å²) in [5.74, 6) is -1.46. The number of halogens is 2. The normalized spacial score (nSPS) is 11.5. The number of imide groups is 1. The van der Waals surface area contributed by atoms with E-state index in [4.69, 9.17) is 9.47 Å². The summed E-state index contributed by atoms with van der Waals surface area (Å²) in [4.78, 5) is 24.1. The van der Waals surface area contributed by atoms with Gasteiger partial charge in [0.1, 0.15) is 0 Å². The number of carbonyl (C=O) groups is 2. The molecule has 0 radical (unpaired) electrons. The van der Waals surface area contributed by atoms with E-state index in [1.807, 2.05) is 13.8 Å². The Balaban J connectivity index is 1.87. The first-order valence-corrected chi connectivity index (χ1v) is 9.52. The molecule has 0 fully saturated rings. The van der Waals surface area contributed by atoms with Gasteiger partial charge in [0, 0.05) is 17.8 Å². The van der Waals surface area contributed by atoms with E-state index < -0.39 is 29.6 Å². The second-order valence-electron chi connectivity index (χ2n) is 6.31. The van der Waals surface area contributed by atoms with Crippen LogP contribution in [0.1, 0.15) is 32.4 Å². The van der Waals surface area contributed by atoms with Crippen LogP contribution in [0.4, 0.5) is 19.3 Å². The molecule has 0 saturated heterocycles. The highest BCUT2D eigenvalue weighted by atomic mass is 19.2. The van der Waals surface area contributed by atoms with Crippen LogP contribution in [0, 0.1) is 11.6 Å². The van der Waals surface area contributed by atoms with Crippen molar-refractivity contribution in [1.29, 1.82) is 0 Å². The van der Waals surface area contributed by atoms with Crippen LogP contribution in [-0.4, -0.2) is 31.7 Å². The quantitative estimate of drug-likeness (QED) is 0.574. The topological polar surface area (TPSA) is 88.7 Å². The molecule has 0 spiro atoms. The van der Waals surface area contributed by atoms with E-state index in [-0.39, 0.29) is 6.54 Å². The number of urea groups is 1. The van der Waals surface area contributed by atoms with Crippen molar-refractivity contribution in [1.82, 2.24) is 10.6 Å². The smallest absolute Gasteiger partial charge is 0.325 e. The lowest BCUT2D eigenvalue weighted by Gasteiger charge is -2.15. The maximum atomic E-state index is 13.3. The Bertz CT molecular complexity index is 893. The predicted molar refractivity (Wildman–Crippen MR) is 109 cm³/mol. The summed E-state index contributed by atoms with van der Waals surface area (Å²) in [6.45, 7) is 6.07. The number of carbonyl (C=O) groups excluding carboxylic acids is 2. The summed E-state index contributed by atoms with van der Waals surface area (Å²) in [6, 6.07) is 7.24. The molecule has 7 nitrogen and oxygen atoms in total. The summed E-state index contributed by atoms with van der Waals surface area (Å²) in [5, 5.41) is 7.58. The van der Waals surface area contributed by atoms with E-state index in [0.29, 0.717) is 36.0 Å². The van der Waals surface area contributed by atoms with Gasteiger partial charge in [-0.3, -0.25) is 10.1 Å². The lowest BCUT2D eigenvalue weighted by atomic mass is 10.1. The Labute approximate surface area is 173 Å². The molecule has 0 aliphatic rings. The molecule has 0 unspecified atom stereocenters. The van der Waals surface area contributed by atoms with E-state index in [2.05, 4.69) is 16.0 Å². The Kier molecular flexibility index (Phi) is 8.54. The lowest BCUT2D eigenvalue weighted by Crippen LogP contribution is -2.40. The molecule has 0 aliphatic carbocycles. The number of anilines is 1. The number of ether oxygens (including phenoxy) is 2. The summed E-state index contributed by atoms with van der Waals surface area (Å²) in [5.41, 5.74) is 0.902. The minimum absolute atomic E-state index is 0.193. The van der Waals surface area contributed by atoms with E-state index >= 15 is 0 Å². The molecular weight excluding hydrogens is 396 g/mol. The fourth-order valence-corrected chi connectivity index (χ4v) is 2.61. The minimum Gasteiger partial charge on any atom is -0.490 e. The minimum atomic E-state index is -0.966. The summed E-state index contributed by atoms with van der Waals surface area (Å²) < 4.78 is 37.3. The molecule has 2 aromatic carbocycles. The second kappa shape index (κ2) is 11.1. The third-order valence-corrected chi connectivity index (χ3v) is 4.07. The van der Waals surface area contributed by atoms with Crippen LogP contribution in [0.3, 0.4) is 0 Å². The van der Waals surface area contributed by atoms with Gasteiger partial charge in [-0.1, -0.05) is 6.07 Å². The molecule has 2 rings (SSSR count). The molecule has 0 bridgehead atoms. The van der Waals surface area contributed by atoms with Gasteiger partial charge >= 0.3 is 6.03 Å². The van der Waals surface area contributed by atoms with Gasteiger partial charge in [-0.2, -0.15) is 0 Å². The standard InChI is InChI=1S/C21H25F2N3O4/c1-4-29-18-9-7-15(11-19(18)30-5-2)25-21(28)26-20(27)12-24-13(3)14-6-8-16(22)17(23)10-14/h6-11,13,24H,4-5,12H2,1-3H3,(H2,25,26,27,28)/t13-/m1/s1. The number of rotatable bonds is 9. The monoisotopic (exact) mass is 421 g/mol. The van der Waals surface area contributed by atoms with Gasteiger partial charge in [0.2, 0.25) is 5.91 Å². The number of hydrogen-bond acceptors (Lipinski definition) is 5. The Hall–Kier alpha value is -3.20. The van der Waals surface area contributed by atoms with Crippen LogP contribution >= 0.6 is 0 Å². The van der Waals surface area contributed by atoms with Crippen molar-refractivity contribution >= 4 is 17.6 Å². The average molecular weight is 421 g/mol. The Morgan fingerprint density at radius 3 is 2.33 bits per heavy atom. The van der Waals surface area contributed by atoms with E-state index in [9.17, 15) is 18.4 Å². The first-order chi connectivity index (χ1) is 14.3. The summed E-state index contributed by atoms with van der Waals surface area (Å²) in [7, 11) is 0. The van der Waals surface area contributed by atoms with Crippen molar-refractivity contribution in [3.63, 3.8) is 0 Å². The zero-order chi connectivity index (χ0) is 22.1. The first kappa shape index (κ1) is 23.1. The highest BCUT2D eigenvalue weighted by molar-refractivity contribution is 6.01. The molecular formula is C21H25F2N3O4. The fourth-order valence-electron chi connectivity index (χ4n) is 2.61. The Morgan fingerprint density at radius 1 is 0.967 bits per heavy atom. The molecule has 0 aliphatic heterocycles. The molecule has 1 atom stereocenters. The van der Waals surface area contributed by atoms with Gasteiger partial charge in [0.05, 0.1) is 19.8 Å². The summed E-state index contributed by atoms with van der Waals surface area (Å²) in [6.07, 6.45) is 0. The molecule has 2 aromatic rings. The zero-order valence-corrected chi connectivity index (χ0v) is 17.1. The average Bonchev–Trinajstić information content (AvgIpc) is 2.70. The molecule has 0 heterocycles. The molecule has 3 N–H and O–H groups in total. The van der Waals surface area contributed by atoms with Crippen LogP contribution in [0.2, 0.25) is 0 Å². The molecule has 0 aromatic heterocycles. The van der Waals surface area contributed by atoms with Gasteiger partial charge in [-0.15, -0.1) is 0 Å². The third-order valence-electron chi connectivity index (χ3n) is 4.07. The number of amides is 3. The van der Waals surface area contributed by atoms with Crippen molar-refractivity contribution in [2.45, 2.75) is 26.8 Å². The highest BCUT2D eigenvalue weighted by Gasteiger charge is 2.13. The fraction of sp³-hybridized carbons (Fsp3) is 0.333. The van der Waals surface area contributed by atoms with Gasteiger partial charge in [0.25, 0.3) is 0 Å². The van der Waals surface area contributed by atoms with E-state index in [1.54, 1.807) is 25.1 Å². The lowest BCUT2D eigenvalue weighted by molar-refractivity contribution is -0.119. The van der Waals surface area contributed by atoms with Crippen LogP contribution in [0.5, 0.6) is 11.5 Å². The van der Waals surface area contributed by atoms with Crippen molar-refractivity contribution in [2.24, 2.45) is 0 Å². The first-order valence-electron chi connectivity index (χ1n) is 9.52. The molecule has 9 heteroatoms. The number of hydrogen-bond donors (Lipinski definition) is 3. The summed E-state index contributed by atoms with van der Waals surface area (Å²) >= 11 is 0. The van der Waals surface area contributed by atoms with E-state index in [0.717, 1.165) is 12.1 Å². The predicted octanol–water partition coefficient (Wildman–Crippen LogP) is 3.76. The highest BCUT2D eigenvalue weighted by Crippen LogP contribution is 2.30. The Morgan fingerprint density at radius 2 is 1.67 bits per heavy atom. The largest absolute Gasteiger partial charge is 0.490 e. The van der Waals surface area contributed by atoms with Crippen molar-refractivity contribution < 1.29 is 27.8 Å². The van der Waals surface area contributed by atoms with Crippen molar-refractivity contribution in [3.05, 3.63) is 53.6 Å².